The maximum Gasteiger partial charge on any atom is 0.346 e. The van der Waals surface area contributed by atoms with Crippen LogP contribution in [0.3, 0.4) is 0 Å². The molecule has 0 saturated heterocycles. The summed E-state index contributed by atoms with van der Waals surface area (Å²) in [5, 5.41) is 10.5. The molecule has 1 atom stereocenters. The van der Waals surface area contributed by atoms with Gasteiger partial charge in [-0.25, -0.2) is 4.79 Å². The van der Waals surface area contributed by atoms with Crippen LogP contribution in [0.15, 0.2) is 24.3 Å². The van der Waals surface area contributed by atoms with Gasteiger partial charge in [-0.3, -0.25) is 10.1 Å². The van der Waals surface area contributed by atoms with Gasteiger partial charge in [0.2, 0.25) is 0 Å². The average Bonchev–Trinajstić information content (AvgIpc) is 2.28. The molecule has 0 heterocycles. The number of carbonyl (C=O) groups excluding carboxylic acids is 1. The lowest BCUT2D eigenvalue weighted by Crippen LogP contribution is -2.24. The van der Waals surface area contributed by atoms with E-state index in [2.05, 4.69) is 4.74 Å². The number of ether oxygens (including phenoxy) is 2. The van der Waals surface area contributed by atoms with E-state index in [1.807, 2.05) is 0 Å². The molecule has 0 fully saturated rings. The number of carbonyl (C=O) groups is 1. The van der Waals surface area contributed by atoms with Crippen LogP contribution in [-0.2, 0) is 9.53 Å². The summed E-state index contributed by atoms with van der Waals surface area (Å²) in [7, 11) is 1.25. The van der Waals surface area contributed by atoms with E-state index in [1.54, 1.807) is 0 Å². The number of rotatable bonds is 4. The molecule has 0 aliphatic rings. The highest BCUT2D eigenvalue weighted by Gasteiger charge is 2.16. The first-order chi connectivity index (χ1) is 7.54. The molecule has 0 spiro atoms. The summed E-state index contributed by atoms with van der Waals surface area (Å²) >= 11 is 0. The molecule has 16 heavy (non-hydrogen) atoms. The minimum Gasteiger partial charge on any atom is -0.479 e. The van der Waals surface area contributed by atoms with Gasteiger partial charge in [0.15, 0.2) is 6.10 Å². The molecule has 86 valence electrons. The van der Waals surface area contributed by atoms with Crippen LogP contribution in [0.2, 0.25) is 0 Å². The number of esters is 1. The van der Waals surface area contributed by atoms with Crippen molar-refractivity contribution < 1.29 is 19.2 Å². The molecule has 1 aromatic rings. The molecular formula is C10H11NO5. The van der Waals surface area contributed by atoms with Crippen LogP contribution < -0.4 is 4.74 Å². The van der Waals surface area contributed by atoms with Gasteiger partial charge < -0.3 is 9.47 Å². The molecule has 6 nitrogen and oxygen atoms in total. The van der Waals surface area contributed by atoms with Crippen molar-refractivity contribution >= 4 is 11.7 Å². The standard InChI is InChI=1S/C10H11NO5/c1-7(10(12)15-2)16-9-5-3-4-8(6-9)11(13)14/h3-7H,1-2H3/t7-/m1/s1. The molecule has 0 radical (unpaired) electrons. The number of nitro groups is 1. The fourth-order valence-electron chi connectivity index (χ4n) is 1.09. The number of hydrogen-bond acceptors (Lipinski definition) is 5. The largest absolute Gasteiger partial charge is 0.479 e. The Labute approximate surface area is 91.9 Å². The Balaban J connectivity index is 2.78. The molecule has 0 bridgehead atoms. The summed E-state index contributed by atoms with van der Waals surface area (Å²) < 4.78 is 9.64. The van der Waals surface area contributed by atoms with E-state index in [0.717, 1.165) is 0 Å². The number of nitro benzene ring substituents is 1. The van der Waals surface area contributed by atoms with E-state index in [0.29, 0.717) is 0 Å². The monoisotopic (exact) mass is 225 g/mol. The number of non-ortho nitro benzene ring substituents is 1. The van der Waals surface area contributed by atoms with Crippen LogP contribution in [0, 0.1) is 10.1 Å². The fraction of sp³-hybridized carbons (Fsp3) is 0.300. The van der Waals surface area contributed by atoms with Gasteiger partial charge in [0, 0.05) is 6.07 Å². The van der Waals surface area contributed by atoms with Gasteiger partial charge in [0.25, 0.3) is 5.69 Å². The summed E-state index contributed by atoms with van der Waals surface area (Å²) in [6, 6.07) is 5.61. The zero-order valence-corrected chi connectivity index (χ0v) is 8.88. The lowest BCUT2D eigenvalue weighted by atomic mass is 10.3. The second-order valence-electron chi connectivity index (χ2n) is 3.04. The third-order valence-electron chi connectivity index (χ3n) is 1.87. The van der Waals surface area contributed by atoms with Crippen molar-refractivity contribution in [3.63, 3.8) is 0 Å². The molecule has 0 unspecified atom stereocenters. The van der Waals surface area contributed by atoms with Crippen molar-refractivity contribution in [2.45, 2.75) is 13.0 Å². The van der Waals surface area contributed by atoms with Crippen LogP contribution in [0.25, 0.3) is 0 Å². The van der Waals surface area contributed by atoms with Crippen LogP contribution in [0.4, 0.5) is 5.69 Å². The zero-order chi connectivity index (χ0) is 12.1. The van der Waals surface area contributed by atoms with Crippen LogP contribution in [0.1, 0.15) is 6.92 Å². The topological polar surface area (TPSA) is 78.7 Å². The lowest BCUT2D eigenvalue weighted by Gasteiger charge is -2.11. The van der Waals surface area contributed by atoms with Crippen molar-refractivity contribution in [1.29, 1.82) is 0 Å². The highest BCUT2D eigenvalue weighted by atomic mass is 16.6. The SMILES string of the molecule is COC(=O)[C@@H](C)Oc1cccc([N+](=O)[O-])c1. The second-order valence-corrected chi connectivity index (χ2v) is 3.04. The quantitative estimate of drug-likeness (QED) is 0.441. The zero-order valence-electron chi connectivity index (χ0n) is 8.88. The molecule has 1 rings (SSSR count). The van der Waals surface area contributed by atoms with Gasteiger partial charge in [-0.05, 0) is 13.0 Å². The van der Waals surface area contributed by atoms with Gasteiger partial charge in [-0.1, -0.05) is 6.07 Å². The summed E-state index contributed by atoms with van der Waals surface area (Å²) in [6.45, 7) is 1.50. The Kier molecular flexibility index (Phi) is 3.82. The third-order valence-corrected chi connectivity index (χ3v) is 1.87. The fourth-order valence-corrected chi connectivity index (χ4v) is 1.09. The number of hydrogen-bond donors (Lipinski definition) is 0. The molecule has 0 aliphatic carbocycles. The van der Waals surface area contributed by atoms with Gasteiger partial charge in [0.1, 0.15) is 5.75 Å². The van der Waals surface area contributed by atoms with Gasteiger partial charge in [-0.2, -0.15) is 0 Å². The van der Waals surface area contributed by atoms with Gasteiger partial charge >= 0.3 is 5.97 Å². The van der Waals surface area contributed by atoms with E-state index in [9.17, 15) is 14.9 Å². The minimum absolute atomic E-state index is 0.0884. The first kappa shape index (κ1) is 12.0. The van der Waals surface area contributed by atoms with Gasteiger partial charge in [-0.15, -0.1) is 0 Å². The highest BCUT2D eigenvalue weighted by Crippen LogP contribution is 2.20. The minimum atomic E-state index is -0.799. The predicted octanol–water partition coefficient (Wildman–Crippen LogP) is 1.54. The Morgan fingerprint density at radius 3 is 2.75 bits per heavy atom. The highest BCUT2D eigenvalue weighted by molar-refractivity contribution is 5.74. The Morgan fingerprint density at radius 1 is 1.50 bits per heavy atom. The van der Waals surface area contributed by atoms with E-state index < -0.39 is 17.0 Å². The summed E-state index contributed by atoms with van der Waals surface area (Å²) in [5.41, 5.74) is -0.0884. The van der Waals surface area contributed by atoms with Crippen LogP contribution in [0.5, 0.6) is 5.75 Å². The maximum absolute atomic E-state index is 11.1. The van der Waals surface area contributed by atoms with Gasteiger partial charge in [0.05, 0.1) is 18.1 Å². The van der Waals surface area contributed by atoms with Crippen LogP contribution in [-0.4, -0.2) is 24.1 Å². The van der Waals surface area contributed by atoms with E-state index in [-0.39, 0.29) is 11.4 Å². The first-order valence-electron chi connectivity index (χ1n) is 4.53. The summed E-state index contributed by atoms with van der Waals surface area (Å²) in [4.78, 5) is 21.0. The first-order valence-corrected chi connectivity index (χ1v) is 4.53. The normalized spacial score (nSPS) is 11.6. The molecule has 0 N–H and O–H groups in total. The van der Waals surface area contributed by atoms with Crippen molar-refractivity contribution in [3.05, 3.63) is 34.4 Å². The van der Waals surface area contributed by atoms with Crippen molar-refractivity contribution in [2.75, 3.05) is 7.11 Å². The third kappa shape index (κ3) is 2.94. The maximum atomic E-state index is 11.1. The molecular weight excluding hydrogens is 214 g/mol. The van der Waals surface area contributed by atoms with E-state index >= 15 is 0 Å². The summed E-state index contributed by atoms with van der Waals surface area (Å²) in [6.07, 6.45) is -0.799. The number of methoxy groups -OCH3 is 1. The second kappa shape index (κ2) is 5.11. The number of nitrogens with zero attached hydrogens (tertiary/aromatic N) is 1. The van der Waals surface area contributed by atoms with Crippen LogP contribution >= 0.6 is 0 Å². The molecule has 0 saturated carbocycles. The Hall–Kier alpha value is -2.11. The van der Waals surface area contributed by atoms with Crippen molar-refractivity contribution in [1.82, 2.24) is 0 Å². The summed E-state index contributed by atoms with van der Waals surface area (Å²) in [5.74, 6) is -0.279. The molecule has 0 amide bonds. The smallest absolute Gasteiger partial charge is 0.346 e. The van der Waals surface area contributed by atoms with Crippen molar-refractivity contribution in [3.8, 4) is 5.75 Å². The number of benzene rings is 1. The Morgan fingerprint density at radius 2 is 2.19 bits per heavy atom. The van der Waals surface area contributed by atoms with E-state index in [4.69, 9.17) is 4.74 Å². The van der Waals surface area contributed by atoms with E-state index in [1.165, 1.54) is 38.3 Å². The molecule has 0 aromatic heterocycles. The average molecular weight is 225 g/mol. The molecule has 6 heteroatoms. The van der Waals surface area contributed by atoms with Crippen molar-refractivity contribution in [2.24, 2.45) is 0 Å². The Bertz CT molecular complexity index is 404. The predicted molar refractivity (Wildman–Crippen MR) is 55.2 cm³/mol. The molecule has 1 aromatic carbocycles. The molecule has 0 aliphatic heterocycles. The lowest BCUT2D eigenvalue weighted by molar-refractivity contribution is -0.384.